The Morgan fingerprint density at radius 2 is 1.93 bits per heavy atom. The third kappa shape index (κ3) is 3.57. The van der Waals surface area contributed by atoms with Gasteiger partial charge in [-0.05, 0) is 46.3 Å². The van der Waals surface area contributed by atoms with Crippen LogP contribution in [0.3, 0.4) is 0 Å². The van der Waals surface area contributed by atoms with Crippen molar-refractivity contribution < 1.29 is 9.53 Å². The molecule has 0 radical (unpaired) electrons. The van der Waals surface area contributed by atoms with Gasteiger partial charge < -0.3 is 9.72 Å². The molecule has 4 rings (SSSR count). The molecule has 0 saturated carbocycles. The van der Waals surface area contributed by atoms with Crippen LogP contribution in [0.1, 0.15) is 16.1 Å². The first kappa shape index (κ1) is 20.1. The van der Waals surface area contributed by atoms with Gasteiger partial charge in [0.1, 0.15) is 17.5 Å². The highest BCUT2D eigenvalue weighted by Gasteiger charge is 2.16. The van der Waals surface area contributed by atoms with E-state index in [0.717, 1.165) is 4.57 Å². The van der Waals surface area contributed by atoms with E-state index >= 15 is 0 Å². The number of nitrogens with zero attached hydrogens (tertiary/aromatic N) is 3. The number of aromatic nitrogens is 4. The third-order valence-corrected chi connectivity index (χ3v) is 5.97. The Balaban J connectivity index is 1.65. The molecule has 10 heteroatoms. The number of esters is 1. The summed E-state index contributed by atoms with van der Waals surface area (Å²) in [4.78, 5) is 40.4. The molecule has 0 spiro atoms. The maximum absolute atomic E-state index is 12.8. The van der Waals surface area contributed by atoms with Crippen molar-refractivity contribution in [2.24, 2.45) is 7.05 Å². The average molecular weight is 490 g/mol. The summed E-state index contributed by atoms with van der Waals surface area (Å²) in [6.07, 6.45) is 0. The highest BCUT2D eigenvalue weighted by molar-refractivity contribution is 9.10. The van der Waals surface area contributed by atoms with Gasteiger partial charge >= 0.3 is 11.7 Å². The Labute approximate surface area is 182 Å². The lowest BCUT2D eigenvalue weighted by molar-refractivity contribution is 0.0466. The molecule has 0 unspecified atom stereocenters. The molecule has 0 aliphatic rings. The molecule has 1 N–H and O–H groups in total. The zero-order valence-corrected chi connectivity index (χ0v) is 17.9. The standard InChI is InChI=1S/C20H14BrClN4O4/c1-25-17(22)16(21)15(24-25)10-30-19(28)11-7-8-13-14(9-11)23-20(29)26(18(13)27)12-5-3-2-4-6-12/h2-9H,10H2,1H3,(H,23,29). The van der Waals surface area contributed by atoms with Gasteiger partial charge in [-0.2, -0.15) is 5.10 Å². The van der Waals surface area contributed by atoms with Crippen LogP contribution in [0, 0.1) is 0 Å². The number of rotatable bonds is 4. The lowest BCUT2D eigenvalue weighted by atomic mass is 10.1. The molecule has 0 saturated heterocycles. The normalized spacial score (nSPS) is 11.0. The number of fused-ring (bicyclic) bond motifs is 1. The van der Waals surface area contributed by atoms with E-state index in [1.807, 2.05) is 0 Å². The Hall–Kier alpha value is -3.17. The molecular weight excluding hydrogens is 476 g/mol. The molecular formula is C20H14BrClN4O4. The summed E-state index contributed by atoms with van der Waals surface area (Å²) in [5.74, 6) is -0.626. The van der Waals surface area contributed by atoms with Gasteiger partial charge in [0.05, 0.1) is 26.6 Å². The van der Waals surface area contributed by atoms with Crippen molar-refractivity contribution in [1.29, 1.82) is 0 Å². The van der Waals surface area contributed by atoms with E-state index in [2.05, 4.69) is 26.0 Å². The number of para-hydroxylation sites is 1. The number of nitrogens with one attached hydrogen (secondary N) is 1. The molecule has 4 aromatic rings. The van der Waals surface area contributed by atoms with E-state index < -0.39 is 17.2 Å². The van der Waals surface area contributed by atoms with Gasteiger partial charge in [0.2, 0.25) is 0 Å². The number of aromatic amines is 1. The number of ether oxygens (including phenoxy) is 1. The smallest absolute Gasteiger partial charge is 0.338 e. The minimum absolute atomic E-state index is 0.0931. The quantitative estimate of drug-likeness (QED) is 0.444. The molecule has 0 bridgehead atoms. The first-order valence-electron chi connectivity index (χ1n) is 8.75. The van der Waals surface area contributed by atoms with Crippen LogP contribution >= 0.6 is 27.5 Å². The topological polar surface area (TPSA) is 99.0 Å². The summed E-state index contributed by atoms with van der Waals surface area (Å²) in [5, 5.41) is 4.82. The number of halogens is 2. The number of hydrogen-bond acceptors (Lipinski definition) is 5. The summed E-state index contributed by atoms with van der Waals surface area (Å²) >= 11 is 9.33. The van der Waals surface area contributed by atoms with Gasteiger partial charge in [-0.1, -0.05) is 29.8 Å². The summed E-state index contributed by atoms with van der Waals surface area (Å²) in [5.41, 5.74) is 0.273. The average Bonchev–Trinajstić information content (AvgIpc) is 2.99. The lowest BCUT2D eigenvalue weighted by Gasteiger charge is -2.08. The van der Waals surface area contributed by atoms with Gasteiger partial charge in [-0.3, -0.25) is 9.48 Å². The zero-order chi connectivity index (χ0) is 21.4. The van der Waals surface area contributed by atoms with Crippen LogP contribution in [0.2, 0.25) is 5.15 Å². The van der Waals surface area contributed by atoms with E-state index in [-0.39, 0.29) is 23.1 Å². The monoisotopic (exact) mass is 488 g/mol. The maximum atomic E-state index is 12.8. The number of carbonyl (C=O) groups is 1. The summed E-state index contributed by atoms with van der Waals surface area (Å²) in [7, 11) is 1.67. The second-order valence-corrected chi connectivity index (χ2v) is 7.57. The Bertz CT molecular complexity index is 1390. The van der Waals surface area contributed by atoms with Gasteiger partial charge in [0, 0.05) is 7.05 Å². The van der Waals surface area contributed by atoms with Gasteiger partial charge in [-0.15, -0.1) is 0 Å². The van der Waals surface area contributed by atoms with E-state index in [1.165, 1.54) is 22.9 Å². The van der Waals surface area contributed by atoms with E-state index in [0.29, 0.717) is 21.0 Å². The highest BCUT2D eigenvalue weighted by atomic mass is 79.9. The number of hydrogen-bond donors (Lipinski definition) is 1. The van der Waals surface area contributed by atoms with Crippen molar-refractivity contribution in [2.75, 3.05) is 0 Å². The zero-order valence-electron chi connectivity index (χ0n) is 15.6. The molecule has 0 atom stereocenters. The molecule has 0 aliphatic heterocycles. The number of aryl methyl sites for hydroxylation is 1. The number of benzene rings is 2. The molecule has 152 valence electrons. The molecule has 0 fully saturated rings. The Morgan fingerprint density at radius 3 is 2.60 bits per heavy atom. The highest BCUT2D eigenvalue weighted by Crippen LogP contribution is 2.26. The molecule has 2 aromatic heterocycles. The van der Waals surface area contributed by atoms with Crippen LogP contribution in [0.4, 0.5) is 0 Å². The third-order valence-electron chi connectivity index (χ3n) is 4.48. The number of carbonyl (C=O) groups excluding carboxylic acids is 1. The summed E-state index contributed by atoms with van der Waals surface area (Å²) < 4.78 is 8.33. The predicted molar refractivity (Wildman–Crippen MR) is 115 cm³/mol. The van der Waals surface area contributed by atoms with Crippen LogP contribution in [0.5, 0.6) is 0 Å². The van der Waals surface area contributed by atoms with Crippen LogP contribution < -0.4 is 11.2 Å². The minimum Gasteiger partial charge on any atom is -0.455 e. The van der Waals surface area contributed by atoms with Crippen molar-refractivity contribution in [3.05, 3.63) is 90.3 Å². The number of H-pyrrole nitrogens is 1. The summed E-state index contributed by atoms with van der Waals surface area (Å²) in [6, 6.07) is 13.0. The molecule has 0 aliphatic carbocycles. The summed E-state index contributed by atoms with van der Waals surface area (Å²) in [6.45, 7) is -0.0931. The van der Waals surface area contributed by atoms with E-state index in [1.54, 1.807) is 37.4 Å². The van der Waals surface area contributed by atoms with Gasteiger partial charge in [-0.25, -0.2) is 14.2 Å². The van der Waals surface area contributed by atoms with Gasteiger partial charge in [0.15, 0.2) is 0 Å². The van der Waals surface area contributed by atoms with Crippen molar-refractivity contribution in [3.8, 4) is 5.69 Å². The van der Waals surface area contributed by atoms with Crippen LogP contribution in [0.15, 0.2) is 62.6 Å². The fourth-order valence-electron chi connectivity index (χ4n) is 3.00. The van der Waals surface area contributed by atoms with Crippen LogP contribution in [-0.2, 0) is 18.4 Å². The second-order valence-electron chi connectivity index (χ2n) is 6.42. The fourth-order valence-corrected chi connectivity index (χ4v) is 3.59. The molecule has 8 nitrogen and oxygen atoms in total. The molecule has 2 heterocycles. The molecule has 0 amide bonds. The van der Waals surface area contributed by atoms with Crippen LogP contribution in [-0.4, -0.2) is 25.3 Å². The van der Waals surface area contributed by atoms with Crippen molar-refractivity contribution >= 4 is 44.4 Å². The first-order valence-corrected chi connectivity index (χ1v) is 9.92. The molecule has 30 heavy (non-hydrogen) atoms. The van der Waals surface area contributed by atoms with Crippen molar-refractivity contribution in [1.82, 2.24) is 19.3 Å². The van der Waals surface area contributed by atoms with Gasteiger partial charge in [0.25, 0.3) is 5.56 Å². The first-order chi connectivity index (χ1) is 14.4. The van der Waals surface area contributed by atoms with Crippen LogP contribution in [0.25, 0.3) is 16.6 Å². The Morgan fingerprint density at radius 1 is 1.20 bits per heavy atom. The largest absolute Gasteiger partial charge is 0.455 e. The predicted octanol–water partition coefficient (Wildman–Crippen LogP) is 3.19. The van der Waals surface area contributed by atoms with Crippen molar-refractivity contribution in [3.63, 3.8) is 0 Å². The van der Waals surface area contributed by atoms with Crippen molar-refractivity contribution in [2.45, 2.75) is 6.61 Å². The second kappa shape index (κ2) is 7.92. The minimum atomic E-state index is -0.626. The maximum Gasteiger partial charge on any atom is 0.338 e. The van der Waals surface area contributed by atoms with E-state index in [4.69, 9.17) is 16.3 Å². The SMILES string of the molecule is Cn1nc(COC(=O)c2ccc3c(=O)n(-c4ccccc4)c(=O)[nH]c3c2)c(Br)c1Cl. The van der Waals surface area contributed by atoms with E-state index in [9.17, 15) is 14.4 Å². The fraction of sp³-hybridized carbons (Fsp3) is 0.100. The Kier molecular flexibility index (Phi) is 5.31. The lowest BCUT2D eigenvalue weighted by Crippen LogP contribution is -2.33. The molecule has 2 aromatic carbocycles.